The van der Waals surface area contributed by atoms with Crippen molar-refractivity contribution in [2.45, 2.75) is 24.4 Å². The Bertz CT molecular complexity index is 556. The summed E-state index contributed by atoms with van der Waals surface area (Å²) in [5.74, 6) is 6.55. The summed E-state index contributed by atoms with van der Waals surface area (Å²) in [6, 6.07) is 8.31. The molecule has 3 N–H and O–H groups in total. The first-order valence-corrected chi connectivity index (χ1v) is 8.78. The molecular formula is C13H16Br2N4S. The van der Waals surface area contributed by atoms with E-state index in [1.54, 1.807) is 11.8 Å². The van der Waals surface area contributed by atoms with Gasteiger partial charge in [-0.3, -0.25) is 16.0 Å². The summed E-state index contributed by atoms with van der Waals surface area (Å²) in [5, 5.41) is 4.33. The molecule has 0 saturated heterocycles. The Balaban J connectivity index is 2.09. The first-order valence-electron chi connectivity index (χ1n) is 6.21. The van der Waals surface area contributed by atoms with Gasteiger partial charge in [0.1, 0.15) is 0 Å². The van der Waals surface area contributed by atoms with Gasteiger partial charge in [0.25, 0.3) is 0 Å². The Hall–Kier alpha value is -0.340. The van der Waals surface area contributed by atoms with Crippen molar-refractivity contribution in [2.24, 2.45) is 5.84 Å². The predicted octanol–water partition coefficient (Wildman–Crippen LogP) is 3.72. The fourth-order valence-electron chi connectivity index (χ4n) is 1.89. The Labute approximate surface area is 139 Å². The smallest absolute Gasteiger partial charge is 0.0734 e. The number of benzene rings is 1. The van der Waals surface area contributed by atoms with Crippen molar-refractivity contribution in [1.29, 1.82) is 0 Å². The molecule has 0 bridgehead atoms. The standard InChI is InChI=1S/C13H16Br2N4S/c1-2-19-13(11(15)7-17-19)12(18-16)8-20-10-5-3-9(14)4-6-10/h3-7,12,18H,2,8,16H2,1H3. The number of rotatable bonds is 6. The largest absolute Gasteiger partial charge is 0.271 e. The number of aryl methyl sites for hydroxylation is 1. The second-order valence-electron chi connectivity index (χ2n) is 4.18. The number of hydrogen-bond donors (Lipinski definition) is 2. The molecule has 7 heteroatoms. The normalized spacial score (nSPS) is 12.6. The summed E-state index contributed by atoms with van der Waals surface area (Å²) in [6.07, 6.45) is 1.81. The molecule has 0 aliphatic rings. The molecule has 0 amide bonds. The molecule has 2 aromatic rings. The van der Waals surface area contributed by atoms with Gasteiger partial charge in [-0.1, -0.05) is 15.9 Å². The van der Waals surface area contributed by atoms with E-state index in [2.05, 4.69) is 61.4 Å². The molecule has 1 heterocycles. The molecule has 0 aliphatic carbocycles. The van der Waals surface area contributed by atoms with E-state index >= 15 is 0 Å². The lowest BCUT2D eigenvalue weighted by Gasteiger charge is -2.17. The highest BCUT2D eigenvalue weighted by atomic mass is 79.9. The first kappa shape index (κ1) is 16.0. The number of thioether (sulfide) groups is 1. The van der Waals surface area contributed by atoms with Crippen LogP contribution in [0.1, 0.15) is 18.7 Å². The maximum Gasteiger partial charge on any atom is 0.0734 e. The number of nitrogens with zero attached hydrogens (tertiary/aromatic N) is 2. The van der Waals surface area contributed by atoms with Gasteiger partial charge >= 0.3 is 0 Å². The number of halogens is 2. The Kier molecular flexibility index (Phi) is 6.10. The lowest BCUT2D eigenvalue weighted by atomic mass is 10.2. The van der Waals surface area contributed by atoms with Crippen molar-refractivity contribution in [1.82, 2.24) is 15.2 Å². The van der Waals surface area contributed by atoms with Crippen LogP contribution in [-0.4, -0.2) is 15.5 Å². The Morgan fingerprint density at radius 1 is 1.35 bits per heavy atom. The third-order valence-electron chi connectivity index (χ3n) is 2.89. The van der Waals surface area contributed by atoms with Gasteiger partial charge in [-0.25, -0.2) is 0 Å². The van der Waals surface area contributed by atoms with Gasteiger partial charge in [0.05, 0.1) is 22.4 Å². The average molecular weight is 420 g/mol. The van der Waals surface area contributed by atoms with Crippen LogP contribution in [0.4, 0.5) is 0 Å². The average Bonchev–Trinajstić information content (AvgIpc) is 2.83. The second-order valence-corrected chi connectivity index (χ2v) is 7.04. The lowest BCUT2D eigenvalue weighted by Crippen LogP contribution is -2.31. The van der Waals surface area contributed by atoms with E-state index in [-0.39, 0.29) is 6.04 Å². The fourth-order valence-corrected chi connectivity index (χ4v) is 3.67. The van der Waals surface area contributed by atoms with Crippen molar-refractivity contribution >= 4 is 43.6 Å². The number of nitrogens with one attached hydrogen (secondary N) is 1. The zero-order valence-electron chi connectivity index (χ0n) is 11.0. The van der Waals surface area contributed by atoms with E-state index in [9.17, 15) is 0 Å². The predicted molar refractivity (Wildman–Crippen MR) is 90.5 cm³/mol. The zero-order chi connectivity index (χ0) is 14.5. The summed E-state index contributed by atoms with van der Waals surface area (Å²) in [6.45, 7) is 2.89. The van der Waals surface area contributed by atoms with Gasteiger partial charge in [-0.15, -0.1) is 11.8 Å². The molecular weight excluding hydrogens is 404 g/mol. The number of hydrazine groups is 1. The maximum absolute atomic E-state index is 5.71. The van der Waals surface area contributed by atoms with Crippen LogP contribution < -0.4 is 11.3 Å². The van der Waals surface area contributed by atoms with Gasteiger partial charge in [0.2, 0.25) is 0 Å². The SMILES string of the molecule is CCn1ncc(Br)c1C(CSc1ccc(Br)cc1)NN. The van der Waals surface area contributed by atoms with Gasteiger partial charge in [0.15, 0.2) is 0 Å². The van der Waals surface area contributed by atoms with Crippen molar-refractivity contribution in [3.63, 3.8) is 0 Å². The molecule has 1 aromatic carbocycles. The van der Waals surface area contributed by atoms with Crippen molar-refractivity contribution in [3.8, 4) is 0 Å². The van der Waals surface area contributed by atoms with E-state index < -0.39 is 0 Å². The molecule has 0 saturated carbocycles. The van der Waals surface area contributed by atoms with Gasteiger partial charge in [0, 0.05) is 21.7 Å². The van der Waals surface area contributed by atoms with Crippen molar-refractivity contribution in [2.75, 3.05) is 5.75 Å². The van der Waals surface area contributed by atoms with E-state index in [0.29, 0.717) is 0 Å². The third kappa shape index (κ3) is 3.85. The molecule has 1 atom stereocenters. The molecule has 0 radical (unpaired) electrons. The van der Waals surface area contributed by atoms with E-state index in [1.165, 1.54) is 4.90 Å². The minimum Gasteiger partial charge on any atom is -0.271 e. The topological polar surface area (TPSA) is 55.9 Å². The molecule has 1 aromatic heterocycles. The number of nitrogens with two attached hydrogens (primary N) is 1. The second kappa shape index (κ2) is 7.61. The van der Waals surface area contributed by atoms with Crippen LogP contribution in [0.3, 0.4) is 0 Å². The van der Waals surface area contributed by atoms with Crippen LogP contribution >= 0.6 is 43.6 Å². The molecule has 1 unspecified atom stereocenters. The molecule has 20 heavy (non-hydrogen) atoms. The van der Waals surface area contributed by atoms with Crippen LogP contribution in [0.25, 0.3) is 0 Å². The highest BCUT2D eigenvalue weighted by Gasteiger charge is 2.18. The monoisotopic (exact) mass is 418 g/mol. The van der Waals surface area contributed by atoms with Crippen LogP contribution in [0.2, 0.25) is 0 Å². The minimum atomic E-state index is 0.0421. The van der Waals surface area contributed by atoms with Crippen LogP contribution in [0.5, 0.6) is 0 Å². The summed E-state index contributed by atoms with van der Waals surface area (Å²) in [4.78, 5) is 1.21. The highest BCUT2D eigenvalue weighted by molar-refractivity contribution is 9.10. The van der Waals surface area contributed by atoms with E-state index in [1.807, 2.05) is 23.0 Å². The molecule has 0 fully saturated rings. The number of aromatic nitrogens is 2. The van der Waals surface area contributed by atoms with Crippen molar-refractivity contribution in [3.05, 3.63) is 45.1 Å². The third-order valence-corrected chi connectivity index (χ3v) is 5.14. The van der Waals surface area contributed by atoms with E-state index in [0.717, 1.165) is 26.9 Å². The van der Waals surface area contributed by atoms with E-state index in [4.69, 9.17) is 5.84 Å². The van der Waals surface area contributed by atoms with Gasteiger partial charge < -0.3 is 0 Å². The van der Waals surface area contributed by atoms with Crippen molar-refractivity contribution < 1.29 is 0 Å². The number of hydrogen-bond acceptors (Lipinski definition) is 4. The lowest BCUT2D eigenvalue weighted by molar-refractivity contribution is 0.526. The van der Waals surface area contributed by atoms with Crippen LogP contribution in [0, 0.1) is 0 Å². The molecule has 0 aliphatic heterocycles. The highest BCUT2D eigenvalue weighted by Crippen LogP contribution is 2.29. The summed E-state index contributed by atoms with van der Waals surface area (Å²) < 4.78 is 4.03. The fraction of sp³-hybridized carbons (Fsp3) is 0.308. The van der Waals surface area contributed by atoms with Crippen LogP contribution in [-0.2, 0) is 6.54 Å². The molecule has 108 valence electrons. The first-order chi connectivity index (χ1) is 9.65. The zero-order valence-corrected chi connectivity index (χ0v) is 15.0. The quantitative estimate of drug-likeness (QED) is 0.425. The Morgan fingerprint density at radius 2 is 2.05 bits per heavy atom. The Morgan fingerprint density at radius 3 is 2.65 bits per heavy atom. The minimum absolute atomic E-state index is 0.0421. The summed E-state index contributed by atoms with van der Waals surface area (Å²) in [5.41, 5.74) is 3.96. The van der Waals surface area contributed by atoms with Crippen LogP contribution in [0.15, 0.2) is 44.3 Å². The van der Waals surface area contributed by atoms with Gasteiger partial charge in [-0.05, 0) is 47.1 Å². The maximum atomic E-state index is 5.71. The summed E-state index contributed by atoms with van der Waals surface area (Å²) >= 11 is 8.74. The molecule has 0 spiro atoms. The molecule has 2 rings (SSSR count). The summed E-state index contributed by atoms with van der Waals surface area (Å²) in [7, 11) is 0. The van der Waals surface area contributed by atoms with Gasteiger partial charge in [-0.2, -0.15) is 5.10 Å². The molecule has 4 nitrogen and oxygen atoms in total.